The summed E-state index contributed by atoms with van der Waals surface area (Å²) in [6, 6.07) is 8.23. The van der Waals surface area contributed by atoms with Gasteiger partial charge < -0.3 is 10.4 Å². The summed E-state index contributed by atoms with van der Waals surface area (Å²) in [6.45, 7) is 2.29. The number of aromatic nitrogens is 1. The van der Waals surface area contributed by atoms with Crippen LogP contribution in [0.3, 0.4) is 0 Å². The van der Waals surface area contributed by atoms with E-state index in [1.165, 1.54) is 11.1 Å². The Hall–Kier alpha value is -1.64. The highest BCUT2D eigenvalue weighted by atomic mass is 32.1. The molecule has 1 aromatic carbocycles. The monoisotopic (exact) mass is 357 g/mol. The third kappa shape index (κ3) is 4.25. The first-order valence-electron chi connectivity index (χ1n) is 7.66. The summed E-state index contributed by atoms with van der Waals surface area (Å²) in [5.74, 6) is 0. The summed E-state index contributed by atoms with van der Waals surface area (Å²) in [5.41, 5.74) is 2.60. The first kappa shape index (κ1) is 17.2. The van der Waals surface area contributed by atoms with Crippen molar-refractivity contribution < 1.29 is 18.3 Å². The van der Waals surface area contributed by atoms with E-state index in [9.17, 15) is 18.3 Å². The third-order valence-corrected chi connectivity index (χ3v) is 4.95. The fraction of sp³-hybridized carbons (Fsp3) is 0.438. The van der Waals surface area contributed by atoms with Crippen LogP contribution in [-0.2, 0) is 19.1 Å². The molecule has 8 heteroatoms. The molecule has 2 aromatic rings. The second-order valence-electron chi connectivity index (χ2n) is 5.82. The third-order valence-electron chi connectivity index (χ3n) is 3.95. The topological polar surface area (TPSA) is 48.4 Å². The maximum Gasteiger partial charge on any atom is 0.427 e. The number of hydrogen-bond acceptors (Lipinski definition) is 5. The molecule has 1 atom stereocenters. The lowest BCUT2D eigenvalue weighted by Crippen LogP contribution is -2.39. The second kappa shape index (κ2) is 7.08. The Kier molecular flexibility index (Phi) is 5.07. The largest absolute Gasteiger partial charge is 0.427 e. The lowest BCUT2D eigenvalue weighted by atomic mass is 10.00. The highest BCUT2D eigenvalue weighted by Crippen LogP contribution is 2.34. The SMILES string of the molecule is OC(CNc1ncc(C(F)(F)F)s1)CN1CCc2ccccc2C1. The molecule has 2 heterocycles. The molecule has 1 unspecified atom stereocenters. The molecule has 24 heavy (non-hydrogen) atoms. The van der Waals surface area contributed by atoms with Crippen LogP contribution in [0.25, 0.3) is 0 Å². The molecular formula is C16H18F3N3OS. The number of aliphatic hydroxyl groups excluding tert-OH is 1. The number of hydrogen-bond donors (Lipinski definition) is 2. The number of nitrogens with zero attached hydrogens (tertiary/aromatic N) is 2. The van der Waals surface area contributed by atoms with Gasteiger partial charge in [0.15, 0.2) is 5.13 Å². The Morgan fingerprint density at radius 1 is 1.29 bits per heavy atom. The molecule has 1 aromatic heterocycles. The van der Waals surface area contributed by atoms with Crippen LogP contribution in [0, 0.1) is 0 Å². The van der Waals surface area contributed by atoms with E-state index in [-0.39, 0.29) is 11.7 Å². The number of alkyl halides is 3. The van der Waals surface area contributed by atoms with Crippen LogP contribution >= 0.6 is 11.3 Å². The molecule has 130 valence electrons. The minimum absolute atomic E-state index is 0.170. The van der Waals surface area contributed by atoms with E-state index >= 15 is 0 Å². The summed E-state index contributed by atoms with van der Waals surface area (Å²) in [6.07, 6.45) is -3.30. The van der Waals surface area contributed by atoms with Gasteiger partial charge in [-0.15, -0.1) is 0 Å². The van der Waals surface area contributed by atoms with E-state index in [0.29, 0.717) is 17.9 Å². The van der Waals surface area contributed by atoms with Crippen molar-refractivity contribution in [1.29, 1.82) is 0 Å². The molecule has 0 fully saturated rings. The zero-order chi connectivity index (χ0) is 17.2. The van der Waals surface area contributed by atoms with E-state index < -0.39 is 17.2 Å². The van der Waals surface area contributed by atoms with Crippen LogP contribution in [0.2, 0.25) is 0 Å². The van der Waals surface area contributed by atoms with Crippen LogP contribution in [0.1, 0.15) is 16.0 Å². The molecule has 0 amide bonds. The molecule has 4 nitrogen and oxygen atoms in total. The standard InChI is InChI=1S/C16H18F3N3OS/c17-16(18,19)14-8-21-15(24-14)20-7-13(23)10-22-6-5-11-3-1-2-4-12(11)9-22/h1-4,8,13,23H,5-7,9-10H2,(H,20,21). The van der Waals surface area contributed by atoms with E-state index in [2.05, 4.69) is 27.3 Å². The summed E-state index contributed by atoms with van der Waals surface area (Å²) < 4.78 is 37.6. The molecule has 0 aliphatic carbocycles. The van der Waals surface area contributed by atoms with Crippen LogP contribution in [0.4, 0.5) is 18.3 Å². The van der Waals surface area contributed by atoms with Crippen LogP contribution in [0.15, 0.2) is 30.5 Å². The first-order chi connectivity index (χ1) is 11.4. The van der Waals surface area contributed by atoms with Gasteiger partial charge in [0.05, 0.1) is 12.3 Å². The number of benzene rings is 1. The average Bonchev–Trinajstić information content (AvgIpc) is 3.02. The molecule has 0 bridgehead atoms. The van der Waals surface area contributed by atoms with Crippen molar-refractivity contribution >= 4 is 16.5 Å². The number of β-amino-alcohol motifs (C(OH)–C–C–N with tert-alkyl or cyclic N) is 1. The first-order valence-corrected chi connectivity index (χ1v) is 8.47. The van der Waals surface area contributed by atoms with Crippen molar-refractivity contribution in [3.63, 3.8) is 0 Å². The van der Waals surface area contributed by atoms with Crippen LogP contribution in [-0.4, -0.2) is 40.7 Å². The predicted octanol–water partition coefficient (Wildman–Crippen LogP) is 2.99. The molecule has 0 saturated carbocycles. The van der Waals surface area contributed by atoms with Gasteiger partial charge in [0.2, 0.25) is 0 Å². The number of aliphatic hydroxyl groups is 1. The number of fused-ring (bicyclic) bond motifs is 1. The van der Waals surface area contributed by atoms with Gasteiger partial charge in [0, 0.05) is 26.2 Å². The second-order valence-corrected chi connectivity index (χ2v) is 6.85. The van der Waals surface area contributed by atoms with E-state index in [4.69, 9.17) is 0 Å². The van der Waals surface area contributed by atoms with Crippen molar-refractivity contribution in [2.24, 2.45) is 0 Å². The fourth-order valence-electron chi connectivity index (χ4n) is 2.76. The summed E-state index contributed by atoms with van der Waals surface area (Å²) in [4.78, 5) is 5.10. The Bertz CT molecular complexity index is 689. The van der Waals surface area contributed by atoms with Gasteiger partial charge in [0.1, 0.15) is 4.88 Å². The Balaban J connectivity index is 1.48. The molecule has 0 radical (unpaired) electrons. The van der Waals surface area contributed by atoms with E-state index in [1.807, 2.05) is 12.1 Å². The summed E-state index contributed by atoms with van der Waals surface area (Å²) >= 11 is 0.547. The smallest absolute Gasteiger partial charge is 0.390 e. The predicted molar refractivity (Wildman–Crippen MR) is 87.0 cm³/mol. The quantitative estimate of drug-likeness (QED) is 0.864. The Morgan fingerprint density at radius 2 is 2.04 bits per heavy atom. The molecule has 1 aliphatic rings. The lowest BCUT2D eigenvalue weighted by molar-refractivity contribution is -0.134. The molecule has 0 spiro atoms. The van der Waals surface area contributed by atoms with Crippen molar-refractivity contribution in [1.82, 2.24) is 9.88 Å². The zero-order valence-electron chi connectivity index (χ0n) is 12.9. The van der Waals surface area contributed by atoms with Crippen molar-refractivity contribution in [3.8, 4) is 0 Å². The van der Waals surface area contributed by atoms with Crippen molar-refractivity contribution in [3.05, 3.63) is 46.5 Å². The van der Waals surface area contributed by atoms with Gasteiger partial charge in [-0.25, -0.2) is 4.98 Å². The summed E-state index contributed by atoms with van der Waals surface area (Å²) in [7, 11) is 0. The van der Waals surface area contributed by atoms with Crippen molar-refractivity contribution in [2.75, 3.05) is 25.0 Å². The van der Waals surface area contributed by atoms with Gasteiger partial charge in [-0.3, -0.25) is 4.90 Å². The number of nitrogens with one attached hydrogen (secondary N) is 1. The maximum atomic E-state index is 12.5. The molecule has 0 saturated heterocycles. The zero-order valence-corrected chi connectivity index (χ0v) is 13.7. The Labute approximate surface area is 141 Å². The molecule has 2 N–H and O–H groups in total. The van der Waals surface area contributed by atoms with Gasteiger partial charge in [-0.1, -0.05) is 35.6 Å². The number of halogens is 3. The number of rotatable bonds is 5. The normalized spacial score (nSPS) is 16.7. The van der Waals surface area contributed by atoms with Crippen molar-refractivity contribution in [2.45, 2.75) is 25.2 Å². The lowest BCUT2D eigenvalue weighted by Gasteiger charge is -2.30. The number of thiazole rings is 1. The van der Waals surface area contributed by atoms with Crippen LogP contribution < -0.4 is 5.32 Å². The van der Waals surface area contributed by atoms with E-state index in [1.54, 1.807) is 0 Å². The van der Waals surface area contributed by atoms with Gasteiger partial charge >= 0.3 is 6.18 Å². The Morgan fingerprint density at radius 3 is 2.75 bits per heavy atom. The van der Waals surface area contributed by atoms with Crippen LogP contribution in [0.5, 0.6) is 0 Å². The van der Waals surface area contributed by atoms with Gasteiger partial charge in [-0.2, -0.15) is 13.2 Å². The number of anilines is 1. The highest BCUT2D eigenvalue weighted by Gasteiger charge is 2.33. The molecular weight excluding hydrogens is 339 g/mol. The maximum absolute atomic E-state index is 12.5. The highest BCUT2D eigenvalue weighted by molar-refractivity contribution is 7.15. The minimum atomic E-state index is -4.38. The van der Waals surface area contributed by atoms with Gasteiger partial charge in [0.25, 0.3) is 0 Å². The fourth-order valence-corrected chi connectivity index (χ4v) is 3.45. The summed E-state index contributed by atoms with van der Waals surface area (Å²) in [5, 5.41) is 13.1. The molecule has 1 aliphatic heterocycles. The molecule has 3 rings (SSSR count). The van der Waals surface area contributed by atoms with Gasteiger partial charge in [-0.05, 0) is 17.5 Å². The average molecular weight is 357 g/mol. The van der Waals surface area contributed by atoms with E-state index in [0.717, 1.165) is 25.7 Å². The minimum Gasteiger partial charge on any atom is -0.390 e.